The summed E-state index contributed by atoms with van der Waals surface area (Å²) in [7, 11) is 0. The summed E-state index contributed by atoms with van der Waals surface area (Å²) in [6, 6.07) is 18.1. The third kappa shape index (κ3) is 2.80. The minimum atomic E-state index is 0.185. The highest BCUT2D eigenvalue weighted by atomic mass is 16.2. The fourth-order valence-electron chi connectivity index (χ4n) is 5.47. The molecular formula is C25H28N2O. The van der Waals surface area contributed by atoms with Crippen LogP contribution in [0.5, 0.6) is 0 Å². The Morgan fingerprint density at radius 2 is 1.71 bits per heavy atom. The average molecular weight is 373 g/mol. The first kappa shape index (κ1) is 17.7. The standard InChI is InChI=1S/C25H28N2O/c1-2-20-22-11-5-6-12-24(22)27(25(20)28)19-14-16-26(17-15-19)23-13-7-9-18-8-3-4-10-21(18)23/h2-6,8,10-12,19,23H,7,9,13-17H2,1H3/b20-2-. The van der Waals surface area contributed by atoms with Gasteiger partial charge in [-0.25, -0.2) is 0 Å². The van der Waals surface area contributed by atoms with Crippen LogP contribution >= 0.6 is 0 Å². The maximum Gasteiger partial charge on any atom is 0.258 e. The van der Waals surface area contributed by atoms with Crippen molar-refractivity contribution in [2.75, 3.05) is 18.0 Å². The lowest BCUT2D eigenvalue weighted by Gasteiger charge is -2.42. The molecule has 1 saturated heterocycles. The normalized spacial score (nSPS) is 24.5. The Morgan fingerprint density at radius 3 is 2.54 bits per heavy atom. The van der Waals surface area contributed by atoms with Crippen molar-refractivity contribution in [3.8, 4) is 0 Å². The van der Waals surface area contributed by atoms with Crippen molar-refractivity contribution in [1.82, 2.24) is 4.90 Å². The van der Waals surface area contributed by atoms with Gasteiger partial charge in [-0.3, -0.25) is 9.69 Å². The molecule has 0 aromatic heterocycles. The lowest BCUT2D eigenvalue weighted by atomic mass is 9.85. The van der Waals surface area contributed by atoms with E-state index in [1.807, 2.05) is 25.1 Å². The second-order valence-electron chi connectivity index (χ2n) is 8.27. The molecule has 144 valence electrons. The Kier molecular flexibility index (Phi) is 4.56. The van der Waals surface area contributed by atoms with Crippen LogP contribution < -0.4 is 4.90 Å². The number of benzene rings is 2. The maximum absolute atomic E-state index is 13.1. The summed E-state index contributed by atoms with van der Waals surface area (Å²) >= 11 is 0. The van der Waals surface area contributed by atoms with Gasteiger partial charge >= 0.3 is 0 Å². The van der Waals surface area contributed by atoms with Gasteiger partial charge in [-0.15, -0.1) is 0 Å². The second kappa shape index (κ2) is 7.21. The molecule has 1 amide bonds. The summed E-state index contributed by atoms with van der Waals surface area (Å²) in [5, 5.41) is 0. The Bertz CT molecular complexity index is 924. The van der Waals surface area contributed by atoms with E-state index >= 15 is 0 Å². The summed E-state index contributed by atoms with van der Waals surface area (Å²) in [6.45, 7) is 4.11. The number of hydrogen-bond donors (Lipinski definition) is 0. The van der Waals surface area contributed by atoms with E-state index in [1.165, 1.54) is 30.4 Å². The molecule has 28 heavy (non-hydrogen) atoms. The average Bonchev–Trinajstić information content (AvgIpc) is 3.04. The number of hydrogen-bond acceptors (Lipinski definition) is 2. The monoisotopic (exact) mass is 372 g/mol. The van der Waals surface area contributed by atoms with Crippen LogP contribution in [0.3, 0.4) is 0 Å². The van der Waals surface area contributed by atoms with Crippen molar-refractivity contribution in [2.24, 2.45) is 0 Å². The SMILES string of the molecule is C/C=C1\C(=O)N(C2CCN(C3CCCc4ccccc43)CC2)c2ccccc21. The predicted octanol–water partition coefficient (Wildman–Crippen LogP) is 4.98. The van der Waals surface area contributed by atoms with Crippen LogP contribution in [-0.4, -0.2) is 29.9 Å². The Morgan fingerprint density at radius 1 is 0.964 bits per heavy atom. The number of nitrogens with zero attached hydrogens (tertiary/aromatic N) is 2. The van der Waals surface area contributed by atoms with Gasteiger partial charge in [0, 0.05) is 36.3 Å². The van der Waals surface area contributed by atoms with Crippen molar-refractivity contribution in [3.05, 3.63) is 71.3 Å². The van der Waals surface area contributed by atoms with Gasteiger partial charge in [0.15, 0.2) is 0 Å². The highest BCUT2D eigenvalue weighted by Gasteiger charge is 2.38. The Labute approximate surface area is 167 Å². The van der Waals surface area contributed by atoms with E-state index in [9.17, 15) is 4.79 Å². The molecule has 3 nitrogen and oxygen atoms in total. The van der Waals surface area contributed by atoms with Crippen LogP contribution in [0.1, 0.15) is 55.3 Å². The van der Waals surface area contributed by atoms with Crippen molar-refractivity contribution in [3.63, 3.8) is 0 Å². The summed E-state index contributed by atoms with van der Waals surface area (Å²) in [5.41, 5.74) is 6.12. The van der Waals surface area contributed by atoms with Gasteiger partial charge in [-0.2, -0.15) is 0 Å². The minimum absolute atomic E-state index is 0.185. The number of likely N-dealkylation sites (tertiary alicyclic amines) is 1. The highest BCUT2D eigenvalue weighted by molar-refractivity contribution is 6.32. The lowest BCUT2D eigenvalue weighted by molar-refractivity contribution is -0.113. The molecule has 3 aliphatic rings. The van der Waals surface area contributed by atoms with E-state index in [0.717, 1.165) is 42.8 Å². The second-order valence-corrected chi connectivity index (χ2v) is 8.27. The van der Waals surface area contributed by atoms with E-state index in [4.69, 9.17) is 0 Å². The molecule has 2 heterocycles. The molecule has 0 radical (unpaired) electrons. The van der Waals surface area contributed by atoms with Crippen molar-refractivity contribution in [1.29, 1.82) is 0 Å². The zero-order valence-corrected chi connectivity index (χ0v) is 16.6. The third-order valence-electron chi connectivity index (χ3n) is 6.83. The molecule has 3 heteroatoms. The van der Waals surface area contributed by atoms with Crippen molar-refractivity contribution in [2.45, 2.75) is 51.1 Å². The molecule has 0 N–H and O–H groups in total. The van der Waals surface area contributed by atoms with E-state index in [2.05, 4.69) is 46.2 Å². The largest absolute Gasteiger partial charge is 0.305 e. The van der Waals surface area contributed by atoms with Crippen LogP contribution in [0.2, 0.25) is 0 Å². The predicted molar refractivity (Wildman–Crippen MR) is 114 cm³/mol. The van der Waals surface area contributed by atoms with Crippen LogP contribution in [0.25, 0.3) is 5.57 Å². The molecule has 1 unspecified atom stereocenters. The van der Waals surface area contributed by atoms with Gasteiger partial charge in [0.1, 0.15) is 0 Å². The highest BCUT2D eigenvalue weighted by Crippen LogP contribution is 2.41. The molecule has 2 aromatic rings. The number of carbonyl (C=O) groups excluding carboxylic acids is 1. The fraction of sp³-hybridized carbons (Fsp3) is 0.400. The number of piperidine rings is 1. The van der Waals surface area contributed by atoms with E-state index in [0.29, 0.717) is 12.1 Å². The van der Waals surface area contributed by atoms with Crippen LogP contribution in [-0.2, 0) is 11.2 Å². The van der Waals surface area contributed by atoms with Gasteiger partial charge in [0.2, 0.25) is 0 Å². The number of anilines is 1. The number of carbonyl (C=O) groups is 1. The zero-order valence-electron chi connectivity index (χ0n) is 16.6. The molecule has 1 fully saturated rings. The Hall–Kier alpha value is -2.39. The third-order valence-corrected chi connectivity index (χ3v) is 6.83. The molecule has 5 rings (SSSR count). The summed E-state index contributed by atoms with van der Waals surface area (Å²) in [5.74, 6) is 0.185. The molecule has 1 atom stereocenters. The first-order valence-corrected chi connectivity index (χ1v) is 10.7. The summed E-state index contributed by atoms with van der Waals surface area (Å²) in [4.78, 5) is 17.8. The minimum Gasteiger partial charge on any atom is -0.305 e. The summed E-state index contributed by atoms with van der Waals surface area (Å²) in [6.07, 6.45) is 7.83. The van der Waals surface area contributed by atoms with Gasteiger partial charge < -0.3 is 4.90 Å². The molecule has 2 aliphatic heterocycles. The Balaban J connectivity index is 1.34. The van der Waals surface area contributed by atoms with Crippen LogP contribution in [0, 0.1) is 0 Å². The topological polar surface area (TPSA) is 23.6 Å². The van der Waals surface area contributed by atoms with Gasteiger partial charge in [-0.05, 0) is 56.2 Å². The quantitative estimate of drug-likeness (QED) is 0.694. The lowest BCUT2D eigenvalue weighted by Crippen LogP contribution is -2.47. The number of para-hydroxylation sites is 1. The van der Waals surface area contributed by atoms with E-state index in [1.54, 1.807) is 0 Å². The molecule has 2 aromatic carbocycles. The van der Waals surface area contributed by atoms with Crippen LogP contribution in [0.4, 0.5) is 5.69 Å². The zero-order chi connectivity index (χ0) is 19.1. The molecule has 0 spiro atoms. The number of rotatable bonds is 2. The van der Waals surface area contributed by atoms with E-state index < -0.39 is 0 Å². The molecule has 0 bridgehead atoms. The number of allylic oxidation sites excluding steroid dienone is 1. The van der Waals surface area contributed by atoms with Crippen LogP contribution in [0.15, 0.2) is 54.6 Å². The summed E-state index contributed by atoms with van der Waals surface area (Å²) < 4.78 is 0. The number of aryl methyl sites for hydroxylation is 1. The van der Waals surface area contributed by atoms with Gasteiger partial charge in [0.25, 0.3) is 5.91 Å². The first-order valence-electron chi connectivity index (χ1n) is 10.7. The number of amides is 1. The molecule has 1 aliphatic carbocycles. The van der Waals surface area contributed by atoms with E-state index in [-0.39, 0.29) is 5.91 Å². The van der Waals surface area contributed by atoms with Crippen molar-refractivity contribution >= 4 is 17.2 Å². The van der Waals surface area contributed by atoms with Crippen molar-refractivity contribution < 1.29 is 4.79 Å². The smallest absolute Gasteiger partial charge is 0.258 e. The molecule has 0 saturated carbocycles. The molecular weight excluding hydrogens is 344 g/mol. The first-order chi connectivity index (χ1) is 13.8. The van der Waals surface area contributed by atoms with Gasteiger partial charge in [-0.1, -0.05) is 48.5 Å². The van der Waals surface area contributed by atoms with Gasteiger partial charge in [0.05, 0.1) is 5.69 Å². The number of fused-ring (bicyclic) bond motifs is 2. The fourth-order valence-corrected chi connectivity index (χ4v) is 5.47. The maximum atomic E-state index is 13.1.